The van der Waals surface area contributed by atoms with Gasteiger partial charge in [-0.2, -0.15) is 0 Å². The van der Waals surface area contributed by atoms with Gasteiger partial charge in [0.25, 0.3) is 0 Å². The Morgan fingerprint density at radius 3 is 1.80 bits per heavy atom. The first-order valence-electron chi connectivity index (χ1n) is 9.29. The minimum Gasteiger partial charge on any atom is -0.464 e. The molecule has 0 aromatic carbocycles. The molecule has 0 aliphatic carbocycles. The average Bonchev–Trinajstić information content (AvgIpc) is 2.63. The molecule has 4 atom stereocenters. The highest BCUT2D eigenvalue weighted by Crippen LogP contribution is 2.11. The molecule has 0 aromatic rings. The van der Waals surface area contributed by atoms with Crippen LogP contribution in [0.25, 0.3) is 0 Å². The highest BCUT2D eigenvalue weighted by molar-refractivity contribution is 5.75. The van der Waals surface area contributed by atoms with Crippen LogP contribution in [0.15, 0.2) is 0 Å². The Kier molecular flexibility index (Phi) is 14.6. The minimum atomic E-state index is -2.01. The van der Waals surface area contributed by atoms with Gasteiger partial charge < -0.3 is 30.0 Å². The first-order valence-corrected chi connectivity index (χ1v) is 9.29. The fourth-order valence-corrected chi connectivity index (χ4v) is 2.46. The van der Waals surface area contributed by atoms with E-state index < -0.39 is 30.4 Å². The molecule has 0 rings (SSSR count). The highest BCUT2D eigenvalue weighted by Gasteiger charge is 2.35. The molecule has 7 nitrogen and oxygen atoms in total. The summed E-state index contributed by atoms with van der Waals surface area (Å²) in [6.45, 7) is 2.31. The Hall–Kier alpha value is -1.02. The van der Waals surface area contributed by atoms with Crippen molar-refractivity contribution in [2.45, 2.75) is 95.5 Å². The Bertz CT molecular complexity index is 348. The van der Waals surface area contributed by atoms with Gasteiger partial charge in [0.05, 0.1) is 6.61 Å². The maximum absolute atomic E-state index is 11.5. The van der Waals surface area contributed by atoms with E-state index in [0.29, 0.717) is 6.42 Å². The molecule has 7 heteroatoms. The standard InChI is InChI=1S/C18H34O7/c1-2-3-4-5-6-7-8-9-10-11-12-25-18(24)17(23)16(22)15(21)14(20)13-19/h13-17,20-23H,2-12H2,1H3/t14-,15+,16+,17-/m0/s1. The molecule has 0 aromatic heterocycles. The maximum atomic E-state index is 11.5. The van der Waals surface area contributed by atoms with Gasteiger partial charge in [-0.3, -0.25) is 0 Å². The van der Waals surface area contributed by atoms with Crippen LogP contribution >= 0.6 is 0 Å². The van der Waals surface area contributed by atoms with Crippen molar-refractivity contribution < 1.29 is 34.8 Å². The lowest BCUT2D eigenvalue weighted by atomic mass is 10.0. The van der Waals surface area contributed by atoms with Crippen molar-refractivity contribution in [1.29, 1.82) is 0 Å². The number of hydrogen-bond acceptors (Lipinski definition) is 7. The number of aliphatic hydroxyl groups is 4. The number of rotatable bonds is 16. The smallest absolute Gasteiger partial charge is 0.337 e. The number of carbonyl (C=O) groups excluding carboxylic acids is 2. The van der Waals surface area contributed by atoms with Crippen LogP contribution in [-0.4, -0.2) is 63.7 Å². The third kappa shape index (κ3) is 11.3. The lowest BCUT2D eigenvalue weighted by Gasteiger charge is -2.22. The van der Waals surface area contributed by atoms with Gasteiger partial charge in [0.15, 0.2) is 12.4 Å². The normalized spacial score (nSPS) is 16.0. The molecule has 0 fully saturated rings. The summed E-state index contributed by atoms with van der Waals surface area (Å²) in [5.74, 6) is -1.08. The fraction of sp³-hybridized carbons (Fsp3) is 0.889. The molecule has 0 amide bonds. The molecule has 0 aliphatic rings. The van der Waals surface area contributed by atoms with Gasteiger partial charge in [-0.05, 0) is 6.42 Å². The predicted octanol–water partition coefficient (Wildman–Crippen LogP) is 1.09. The number of esters is 1. The van der Waals surface area contributed by atoms with E-state index in [9.17, 15) is 24.9 Å². The number of aldehydes is 1. The molecule has 0 radical (unpaired) electrons. The number of carbonyl (C=O) groups is 2. The minimum absolute atomic E-state index is 0.00967. The number of aliphatic hydroxyl groups excluding tert-OH is 4. The quantitative estimate of drug-likeness (QED) is 0.184. The second-order valence-corrected chi connectivity index (χ2v) is 6.40. The van der Waals surface area contributed by atoms with Crippen molar-refractivity contribution in [2.75, 3.05) is 6.61 Å². The molecular weight excluding hydrogens is 328 g/mol. The largest absolute Gasteiger partial charge is 0.464 e. The highest BCUT2D eigenvalue weighted by atomic mass is 16.5. The van der Waals surface area contributed by atoms with E-state index in [4.69, 9.17) is 9.84 Å². The number of ether oxygens (including phenoxy) is 1. The second-order valence-electron chi connectivity index (χ2n) is 6.40. The second kappa shape index (κ2) is 15.3. The zero-order chi connectivity index (χ0) is 19.1. The third-order valence-electron chi connectivity index (χ3n) is 4.15. The third-order valence-corrected chi connectivity index (χ3v) is 4.15. The summed E-state index contributed by atoms with van der Waals surface area (Å²) in [5, 5.41) is 37.5. The molecule has 0 saturated carbocycles. The fourth-order valence-electron chi connectivity index (χ4n) is 2.46. The van der Waals surface area contributed by atoms with Crippen LogP contribution in [-0.2, 0) is 14.3 Å². The van der Waals surface area contributed by atoms with Crippen LogP contribution in [0.1, 0.15) is 71.1 Å². The Morgan fingerprint density at radius 1 is 0.840 bits per heavy atom. The van der Waals surface area contributed by atoms with Gasteiger partial charge in [-0.15, -0.1) is 0 Å². The van der Waals surface area contributed by atoms with Crippen molar-refractivity contribution in [3.63, 3.8) is 0 Å². The molecule has 148 valence electrons. The summed E-state index contributed by atoms with van der Waals surface area (Å²) in [5.41, 5.74) is 0. The predicted molar refractivity (Wildman–Crippen MR) is 92.9 cm³/mol. The van der Waals surface area contributed by atoms with Gasteiger partial charge in [0.2, 0.25) is 0 Å². The molecule has 0 unspecified atom stereocenters. The first kappa shape index (κ1) is 24.0. The van der Waals surface area contributed by atoms with Crippen molar-refractivity contribution in [3.05, 3.63) is 0 Å². The summed E-state index contributed by atoms with van der Waals surface area (Å²) < 4.78 is 4.83. The lowest BCUT2D eigenvalue weighted by molar-refractivity contribution is -0.169. The van der Waals surface area contributed by atoms with Crippen LogP contribution < -0.4 is 0 Å². The molecular formula is C18H34O7. The monoisotopic (exact) mass is 362 g/mol. The number of hydrogen-bond donors (Lipinski definition) is 4. The lowest BCUT2D eigenvalue weighted by Crippen LogP contribution is -2.48. The van der Waals surface area contributed by atoms with Gasteiger partial charge in [-0.1, -0.05) is 64.7 Å². The van der Waals surface area contributed by atoms with Crippen LogP contribution in [0.5, 0.6) is 0 Å². The molecule has 0 spiro atoms. The Balaban J connectivity index is 3.67. The number of unbranched alkanes of at least 4 members (excludes halogenated alkanes) is 9. The van der Waals surface area contributed by atoms with Crippen molar-refractivity contribution in [1.82, 2.24) is 0 Å². The van der Waals surface area contributed by atoms with E-state index in [0.717, 1.165) is 19.3 Å². The van der Waals surface area contributed by atoms with E-state index in [1.165, 1.54) is 38.5 Å². The summed E-state index contributed by atoms with van der Waals surface area (Å²) in [6.07, 6.45) is 3.59. The summed E-state index contributed by atoms with van der Waals surface area (Å²) in [4.78, 5) is 21.9. The van der Waals surface area contributed by atoms with Crippen LogP contribution in [0.2, 0.25) is 0 Å². The Morgan fingerprint density at radius 2 is 1.32 bits per heavy atom. The molecule has 25 heavy (non-hydrogen) atoms. The van der Waals surface area contributed by atoms with Crippen molar-refractivity contribution in [2.24, 2.45) is 0 Å². The molecule has 4 N–H and O–H groups in total. The van der Waals surface area contributed by atoms with Crippen LogP contribution in [0, 0.1) is 0 Å². The Labute approximate surface area is 150 Å². The van der Waals surface area contributed by atoms with E-state index in [1.54, 1.807) is 0 Å². The van der Waals surface area contributed by atoms with Crippen LogP contribution in [0.3, 0.4) is 0 Å². The van der Waals surface area contributed by atoms with Gasteiger partial charge in [-0.25, -0.2) is 4.79 Å². The van der Waals surface area contributed by atoms with Crippen molar-refractivity contribution in [3.8, 4) is 0 Å². The molecule has 0 aliphatic heterocycles. The molecule has 0 saturated heterocycles. The van der Waals surface area contributed by atoms with Crippen molar-refractivity contribution >= 4 is 12.3 Å². The van der Waals surface area contributed by atoms with Gasteiger partial charge in [0.1, 0.15) is 18.3 Å². The van der Waals surface area contributed by atoms with E-state index in [2.05, 4.69) is 6.92 Å². The maximum Gasteiger partial charge on any atom is 0.337 e. The topological polar surface area (TPSA) is 124 Å². The molecule has 0 bridgehead atoms. The average molecular weight is 362 g/mol. The van der Waals surface area contributed by atoms with E-state index >= 15 is 0 Å². The zero-order valence-electron chi connectivity index (χ0n) is 15.2. The summed E-state index contributed by atoms with van der Waals surface area (Å²) in [6, 6.07) is 0. The van der Waals surface area contributed by atoms with E-state index in [1.807, 2.05) is 0 Å². The molecule has 0 heterocycles. The SMILES string of the molecule is CCCCCCCCCCCCOC(=O)[C@@H](O)[C@H](O)[C@H](O)[C@@H](O)C=O. The zero-order valence-corrected chi connectivity index (χ0v) is 15.2. The van der Waals surface area contributed by atoms with Crippen LogP contribution in [0.4, 0.5) is 0 Å². The summed E-state index contributed by atoms with van der Waals surface area (Å²) >= 11 is 0. The van der Waals surface area contributed by atoms with Gasteiger partial charge >= 0.3 is 5.97 Å². The van der Waals surface area contributed by atoms with E-state index in [-0.39, 0.29) is 12.9 Å². The summed E-state index contributed by atoms with van der Waals surface area (Å²) in [7, 11) is 0. The first-order chi connectivity index (χ1) is 12.0. The van der Waals surface area contributed by atoms with Gasteiger partial charge in [0, 0.05) is 0 Å².